The Morgan fingerprint density at radius 2 is 1.96 bits per heavy atom. The second kappa shape index (κ2) is 8.61. The van der Waals surface area contributed by atoms with Crippen LogP contribution < -0.4 is 10.6 Å². The SMILES string of the molecule is C=CCn1c(SCC(=O)NC(=O)NC(C)(C)C)nnc1-c1ccncc1. The van der Waals surface area contributed by atoms with E-state index in [4.69, 9.17) is 0 Å². The second-order valence-electron chi connectivity index (χ2n) is 6.48. The highest BCUT2D eigenvalue weighted by Crippen LogP contribution is 2.23. The van der Waals surface area contributed by atoms with E-state index in [0.717, 1.165) is 5.56 Å². The van der Waals surface area contributed by atoms with E-state index in [1.807, 2.05) is 37.5 Å². The third-order valence-electron chi connectivity index (χ3n) is 3.04. The molecule has 8 nitrogen and oxygen atoms in total. The van der Waals surface area contributed by atoms with Gasteiger partial charge in [0.1, 0.15) is 0 Å². The van der Waals surface area contributed by atoms with Gasteiger partial charge in [0, 0.05) is 30.0 Å². The number of thioether (sulfide) groups is 1. The summed E-state index contributed by atoms with van der Waals surface area (Å²) < 4.78 is 1.86. The van der Waals surface area contributed by atoms with Crippen molar-refractivity contribution in [2.24, 2.45) is 0 Å². The average Bonchev–Trinajstić information content (AvgIpc) is 2.95. The largest absolute Gasteiger partial charge is 0.333 e. The van der Waals surface area contributed by atoms with Gasteiger partial charge < -0.3 is 5.32 Å². The van der Waals surface area contributed by atoms with Gasteiger partial charge in [-0.3, -0.25) is 19.7 Å². The first kappa shape index (κ1) is 19.6. The highest BCUT2D eigenvalue weighted by molar-refractivity contribution is 7.99. The topological polar surface area (TPSA) is 102 Å². The molecule has 0 radical (unpaired) electrons. The summed E-state index contributed by atoms with van der Waals surface area (Å²) in [5.74, 6) is 0.305. The van der Waals surface area contributed by atoms with Crippen LogP contribution in [0, 0.1) is 0 Å². The van der Waals surface area contributed by atoms with Gasteiger partial charge in [-0.05, 0) is 32.9 Å². The van der Waals surface area contributed by atoms with E-state index in [0.29, 0.717) is 17.5 Å². The van der Waals surface area contributed by atoms with Crippen molar-refractivity contribution in [3.8, 4) is 11.4 Å². The lowest BCUT2D eigenvalue weighted by atomic mass is 10.1. The van der Waals surface area contributed by atoms with Crippen LogP contribution in [0.4, 0.5) is 4.79 Å². The van der Waals surface area contributed by atoms with Crippen LogP contribution in [-0.4, -0.2) is 43.0 Å². The number of urea groups is 1. The number of allylic oxidation sites excluding steroid dienone is 1. The van der Waals surface area contributed by atoms with E-state index in [1.165, 1.54) is 11.8 Å². The van der Waals surface area contributed by atoms with Crippen LogP contribution >= 0.6 is 11.8 Å². The summed E-state index contributed by atoms with van der Waals surface area (Å²) >= 11 is 1.20. The van der Waals surface area contributed by atoms with Crippen molar-refractivity contribution in [2.45, 2.75) is 38.0 Å². The first-order valence-electron chi connectivity index (χ1n) is 7.99. The van der Waals surface area contributed by atoms with Crippen molar-refractivity contribution in [3.05, 3.63) is 37.2 Å². The minimum atomic E-state index is -0.520. The summed E-state index contributed by atoms with van der Waals surface area (Å²) in [6.45, 7) is 9.76. The van der Waals surface area contributed by atoms with Gasteiger partial charge in [-0.2, -0.15) is 0 Å². The number of pyridine rings is 1. The fourth-order valence-electron chi connectivity index (χ4n) is 2.07. The Morgan fingerprint density at radius 3 is 2.58 bits per heavy atom. The number of nitrogens with one attached hydrogen (secondary N) is 2. The Hall–Kier alpha value is -2.68. The minimum absolute atomic E-state index is 0.0448. The number of hydrogen-bond acceptors (Lipinski definition) is 6. The molecule has 0 fully saturated rings. The summed E-state index contributed by atoms with van der Waals surface area (Å²) in [5, 5.41) is 13.9. The molecule has 2 aromatic rings. The number of amides is 3. The van der Waals surface area contributed by atoms with Crippen LogP contribution in [-0.2, 0) is 11.3 Å². The van der Waals surface area contributed by atoms with Gasteiger partial charge in [-0.1, -0.05) is 17.8 Å². The van der Waals surface area contributed by atoms with Gasteiger partial charge in [0.25, 0.3) is 0 Å². The monoisotopic (exact) mass is 374 g/mol. The maximum absolute atomic E-state index is 12.0. The van der Waals surface area contributed by atoms with E-state index in [1.54, 1.807) is 18.5 Å². The van der Waals surface area contributed by atoms with Crippen LogP contribution in [0.1, 0.15) is 20.8 Å². The molecule has 26 heavy (non-hydrogen) atoms. The maximum atomic E-state index is 12.0. The molecule has 0 spiro atoms. The number of carbonyl (C=O) groups is 2. The standard InChI is InChI=1S/C17H22N6O2S/c1-5-10-23-14(12-6-8-18-9-7-12)21-22-16(23)26-11-13(24)19-15(25)20-17(2,3)4/h5-9H,1,10-11H2,2-4H3,(H2,19,20,24,25). The molecule has 9 heteroatoms. The molecule has 0 aliphatic rings. The Balaban J connectivity index is 2.03. The molecular formula is C17H22N6O2S. The van der Waals surface area contributed by atoms with Gasteiger partial charge in [0.05, 0.1) is 5.75 Å². The molecule has 0 aliphatic carbocycles. The summed E-state index contributed by atoms with van der Waals surface area (Å²) in [7, 11) is 0. The molecule has 2 heterocycles. The number of carbonyl (C=O) groups excluding carboxylic acids is 2. The van der Waals surface area contributed by atoms with Gasteiger partial charge in [-0.25, -0.2) is 4.79 Å². The van der Waals surface area contributed by atoms with Crippen LogP contribution in [0.15, 0.2) is 42.3 Å². The predicted molar refractivity (Wildman–Crippen MR) is 101 cm³/mol. The fourth-order valence-corrected chi connectivity index (χ4v) is 2.82. The first-order valence-corrected chi connectivity index (χ1v) is 8.98. The van der Waals surface area contributed by atoms with Crippen molar-refractivity contribution in [1.82, 2.24) is 30.4 Å². The van der Waals surface area contributed by atoms with Gasteiger partial charge in [-0.15, -0.1) is 16.8 Å². The summed E-state index contributed by atoms with van der Waals surface area (Å²) in [6.07, 6.45) is 5.08. The molecule has 0 unspecified atom stereocenters. The van der Waals surface area contributed by atoms with Crippen molar-refractivity contribution in [2.75, 3.05) is 5.75 Å². The van der Waals surface area contributed by atoms with Crippen molar-refractivity contribution in [3.63, 3.8) is 0 Å². The molecule has 2 aromatic heterocycles. The molecule has 3 amide bonds. The molecule has 0 aliphatic heterocycles. The Bertz CT molecular complexity index is 782. The molecule has 0 saturated carbocycles. The van der Waals surface area contributed by atoms with E-state index >= 15 is 0 Å². The van der Waals surface area contributed by atoms with Gasteiger partial charge >= 0.3 is 6.03 Å². The normalized spacial score (nSPS) is 11.0. The van der Waals surface area contributed by atoms with E-state index < -0.39 is 17.5 Å². The Morgan fingerprint density at radius 1 is 1.27 bits per heavy atom. The summed E-state index contributed by atoms with van der Waals surface area (Å²) in [6, 6.07) is 3.15. The minimum Gasteiger partial charge on any atom is -0.333 e. The lowest BCUT2D eigenvalue weighted by molar-refractivity contribution is -0.117. The molecule has 0 bridgehead atoms. The quantitative estimate of drug-likeness (QED) is 0.594. The third kappa shape index (κ3) is 5.69. The first-order chi connectivity index (χ1) is 12.3. The summed E-state index contributed by atoms with van der Waals surface area (Å²) in [5.41, 5.74) is 0.455. The smallest absolute Gasteiger partial charge is 0.321 e. The zero-order chi connectivity index (χ0) is 19.2. The van der Waals surface area contributed by atoms with E-state index in [-0.39, 0.29) is 5.75 Å². The lowest BCUT2D eigenvalue weighted by Gasteiger charge is -2.20. The van der Waals surface area contributed by atoms with E-state index in [9.17, 15) is 9.59 Å². The molecule has 0 saturated heterocycles. The van der Waals surface area contributed by atoms with Crippen LogP contribution in [0.3, 0.4) is 0 Å². The number of rotatable bonds is 6. The molecule has 138 valence electrons. The molecule has 0 aromatic carbocycles. The van der Waals surface area contributed by atoms with Crippen LogP contribution in [0.25, 0.3) is 11.4 Å². The molecule has 2 rings (SSSR count). The number of imide groups is 1. The molecule has 0 atom stereocenters. The highest BCUT2D eigenvalue weighted by atomic mass is 32.2. The Labute approximate surface area is 156 Å². The van der Waals surface area contributed by atoms with Crippen molar-refractivity contribution in [1.29, 1.82) is 0 Å². The number of hydrogen-bond donors (Lipinski definition) is 2. The van der Waals surface area contributed by atoms with E-state index in [2.05, 4.69) is 32.4 Å². The number of nitrogens with zero attached hydrogens (tertiary/aromatic N) is 4. The number of aromatic nitrogens is 4. The van der Waals surface area contributed by atoms with Gasteiger partial charge in [0.15, 0.2) is 11.0 Å². The summed E-state index contributed by atoms with van der Waals surface area (Å²) in [4.78, 5) is 27.7. The zero-order valence-corrected chi connectivity index (χ0v) is 15.8. The van der Waals surface area contributed by atoms with Crippen LogP contribution in [0.5, 0.6) is 0 Å². The zero-order valence-electron chi connectivity index (χ0n) is 15.0. The molecule has 2 N–H and O–H groups in total. The van der Waals surface area contributed by atoms with Crippen molar-refractivity contribution < 1.29 is 9.59 Å². The second-order valence-corrected chi connectivity index (χ2v) is 7.42. The average molecular weight is 374 g/mol. The van der Waals surface area contributed by atoms with Crippen LogP contribution in [0.2, 0.25) is 0 Å². The predicted octanol–water partition coefficient (Wildman–Crippen LogP) is 2.24. The lowest BCUT2D eigenvalue weighted by Crippen LogP contribution is -2.48. The Kier molecular flexibility index (Phi) is 6.51. The highest BCUT2D eigenvalue weighted by Gasteiger charge is 2.18. The third-order valence-corrected chi connectivity index (χ3v) is 4.01. The fraction of sp³-hybridized carbons (Fsp3) is 0.353. The maximum Gasteiger partial charge on any atom is 0.321 e. The van der Waals surface area contributed by atoms with Crippen molar-refractivity contribution >= 4 is 23.7 Å². The molecular weight excluding hydrogens is 352 g/mol. The van der Waals surface area contributed by atoms with Gasteiger partial charge in [0.2, 0.25) is 5.91 Å².